The predicted octanol–water partition coefficient (Wildman–Crippen LogP) is 4.23. The van der Waals surface area contributed by atoms with Crippen molar-refractivity contribution in [2.45, 2.75) is 17.7 Å². The Morgan fingerprint density at radius 1 is 1.16 bits per heavy atom. The molecular weight excluding hydrogens is 432 g/mol. The topological polar surface area (TPSA) is 104 Å². The van der Waals surface area contributed by atoms with Gasteiger partial charge in [0, 0.05) is 40.2 Å². The average molecular weight is 453 g/mol. The highest BCUT2D eigenvalue weighted by Crippen LogP contribution is 2.31. The first-order valence-electron chi connectivity index (χ1n) is 9.93. The summed E-state index contributed by atoms with van der Waals surface area (Å²) in [7, 11) is -3.64. The van der Waals surface area contributed by atoms with Gasteiger partial charge in [0.2, 0.25) is 10.0 Å². The second-order valence-corrected chi connectivity index (χ2v) is 10.2. The number of amides is 1. The molecule has 3 N–H and O–H groups in total. The molecule has 0 bridgehead atoms. The number of para-hydroxylation sites is 1. The fourth-order valence-electron chi connectivity index (χ4n) is 3.34. The van der Waals surface area contributed by atoms with Gasteiger partial charge in [-0.3, -0.25) is 10.1 Å². The van der Waals surface area contributed by atoms with Gasteiger partial charge in [-0.25, -0.2) is 18.1 Å². The van der Waals surface area contributed by atoms with E-state index in [4.69, 9.17) is 0 Å². The quantitative estimate of drug-likeness (QED) is 0.390. The Balaban J connectivity index is 1.33. The Labute approximate surface area is 183 Å². The average Bonchev–Trinajstić information content (AvgIpc) is 3.34. The summed E-state index contributed by atoms with van der Waals surface area (Å²) in [5.74, 6) is 0.0246. The first-order chi connectivity index (χ1) is 15.0. The standard InChI is InChI=1S/C22H20N4O3S2/c27-21(15-4-3-5-16(10-15)31(28,29)24-11-14-8-9-14)26-22-25-20(13-30-22)18-12-23-19-7-2-1-6-17(18)19/h1-7,10,12-14,23-24H,8-9,11H2,(H,25,26,27). The Hall–Kier alpha value is -3.01. The van der Waals surface area contributed by atoms with E-state index >= 15 is 0 Å². The summed E-state index contributed by atoms with van der Waals surface area (Å²) >= 11 is 1.32. The first-order valence-corrected chi connectivity index (χ1v) is 12.3. The van der Waals surface area contributed by atoms with Crippen molar-refractivity contribution >= 4 is 43.3 Å². The van der Waals surface area contributed by atoms with Crippen molar-refractivity contribution in [2.75, 3.05) is 11.9 Å². The summed E-state index contributed by atoms with van der Waals surface area (Å²) in [6, 6.07) is 14.0. The lowest BCUT2D eigenvalue weighted by Gasteiger charge is -2.08. The Morgan fingerprint density at radius 3 is 2.84 bits per heavy atom. The first kappa shape index (κ1) is 19.9. The Morgan fingerprint density at radius 2 is 2.00 bits per heavy atom. The largest absolute Gasteiger partial charge is 0.360 e. The van der Waals surface area contributed by atoms with E-state index in [0.29, 0.717) is 17.6 Å². The number of fused-ring (bicyclic) bond motifs is 1. The summed E-state index contributed by atoms with van der Waals surface area (Å²) in [5.41, 5.74) is 3.00. The summed E-state index contributed by atoms with van der Waals surface area (Å²) in [6.07, 6.45) is 4.01. The summed E-state index contributed by atoms with van der Waals surface area (Å²) in [5, 5.41) is 6.16. The Bertz CT molecular complexity index is 1370. The van der Waals surface area contributed by atoms with Crippen LogP contribution in [-0.2, 0) is 10.0 Å². The lowest BCUT2D eigenvalue weighted by atomic mass is 10.1. The molecule has 1 fully saturated rings. The third-order valence-corrected chi connectivity index (χ3v) is 7.43. The van der Waals surface area contributed by atoms with Crippen LogP contribution < -0.4 is 10.0 Å². The molecule has 4 aromatic rings. The van der Waals surface area contributed by atoms with Crippen LogP contribution in [0.2, 0.25) is 0 Å². The number of nitrogens with one attached hydrogen (secondary N) is 3. The van der Waals surface area contributed by atoms with Crippen LogP contribution in [0.5, 0.6) is 0 Å². The van der Waals surface area contributed by atoms with Crippen molar-refractivity contribution in [1.82, 2.24) is 14.7 Å². The Kier molecular flexibility index (Phi) is 5.09. The second-order valence-electron chi connectivity index (χ2n) is 7.56. The molecule has 31 heavy (non-hydrogen) atoms. The molecule has 0 aliphatic heterocycles. The van der Waals surface area contributed by atoms with Crippen LogP contribution in [0.4, 0.5) is 5.13 Å². The lowest BCUT2D eigenvalue weighted by molar-refractivity contribution is 0.102. The van der Waals surface area contributed by atoms with Crippen molar-refractivity contribution in [3.05, 3.63) is 65.7 Å². The van der Waals surface area contributed by atoms with E-state index in [1.807, 2.05) is 35.8 Å². The lowest BCUT2D eigenvalue weighted by Crippen LogP contribution is -2.26. The molecule has 0 spiro atoms. The minimum absolute atomic E-state index is 0.0828. The molecule has 2 aromatic heterocycles. The fourth-order valence-corrected chi connectivity index (χ4v) is 5.21. The van der Waals surface area contributed by atoms with Gasteiger partial charge in [0.25, 0.3) is 5.91 Å². The zero-order valence-electron chi connectivity index (χ0n) is 16.5. The number of aromatic amines is 1. The SMILES string of the molecule is O=C(Nc1nc(-c2c[nH]c3ccccc23)cs1)c1cccc(S(=O)(=O)NCC2CC2)c1. The van der Waals surface area contributed by atoms with Gasteiger partial charge in [0.15, 0.2) is 5.13 Å². The number of hydrogen-bond acceptors (Lipinski definition) is 5. The summed E-state index contributed by atoms with van der Waals surface area (Å²) in [6.45, 7) is 0.439. The molecule has 0 unspecified atom stereocenters. The number of H-pyrrole nitrogens is 1. The number of hydrogen-bond donors (Lipinski definition) is 3. The maximum atomic E-state index is 12.7. The van der Waals surface area contributed by atoms with Crippen molar-refractivity contribution in [2.24, 2.45) is 5.92 Å². The normalized spacial score (nSPS) is 14.1. The van der Waals surface area contributed by atoms with E-state index in [0.717, 1.165) is 35.0 Å². The predicted molar refractivity (Wildman–Crippen MR) is 122 cm³/mol. The van der Waals surface area contributed by atoms with Crippen LogP contribution in [0.3, 0.4) is 0 Å². The third-order valence-electron chi connectivity index (χ3n) is 5.26. The van der Waals surface area contributed by atoms with Crippen molar-refractivity contribution in [3.63, 3.8) is 0 Å². The van der Waals surface area contributed by atoms with E-state index in [-0.39, 0.29) is 10.5 Å². The number of carbonyl (C=O) groups excluding carboxylic acids is 1. The highest BCUT2D eigenvalue weighted by molar-refractivity contribution is 7.89. The summed E-state index contributed by atoms with van der Waals surface area (Å²) < 4.78 is 27.6. The maximum absolute atomic E-state index is 12.7. The number of sulfonamides is 1. The molecule has 1 aliphatic carbocycles. The molecule has 0 saturated heterocycles. The van der Waals surface area contributed by atoms with Gasteiger partial charge in [-0.1, -0.05) is 24.3 Å². The van der Waals surface area contributed by atoms with E-state index in [9.17, 15) is 13.2 Å². The van der Waals surface area contributed by atoms with Crippen molar-refractivity contribution in [1.29, 1.82) is 0 Å². The number of nitrogens with zero attached hydrogens (tertiary/aromatic N) is 1. The zero-order valence-corrected chi connectivity index (χ0v) is 18.1. The van der Waals surface area contributed by atoms with Crippen LogP contribution in [0, 0.1) is 5.92 Å². The minimum atomic E-state index is -3.64. The van der Waals surface area contributed by atoms with Gasteiger partial charge in [-0.05, 0) is 43.0 Å². The van der Waals surface area contributed by atoms with Gasteiger partial charge in [0.1, 0.15) is 0 Å². The molecule has 9 heteroatoms. The smallest absolute Gasteiger partial charge is 0.257 e. The number of rotatable bonds is 7. The summed E-state index contributed by atoms with van der Waals surface area (Å²) in [4.78, 5) is 20.5. The highest BCUT2D eigenvalue weighted by atomic mass is 32.2. The number of thiazole rings is 1. The van der Waals surface area contributed by atoms with Gasteiger partial charge >= 0.3 is 0 Å². The van der Waals surface area contributed by atoms with Gasteiger partial charge in [0.05, 0.1) is 10.6 Å². The second kappa shape index (κ2) is 7.92. The molecule has 1 amide bonds. The number of carbonyl (C=O) groups is 1. The molecular formula is C22H20N4O3S2. The number of anilines is 1. The van der Waals surface area contributed by atoms with Gasteiger partial charge in [-0.15, -0.1) is 11.3 Å². The van der Waals surface area contributed by atoms with E-state index in [2.05, 4.69) is 20.0 Å². The van der Waals surface area contributed by atoms with E-state index in [1.165, 1.54) is 23.5 Å². The molecule has 5 rings (SSSR count). The molecule has 0 radical (unpaired) electrons. The molecule has 7 nitrogen and oxygen atoms in total. The van der Waals surface area contributed by atoms with Gasteiger partial charge < -0.3 is 4.98 Å². The van der Waals surface area contributed by atoms with E-state index in [1.54, 1.807) is 12.1 Å². The zero-order chi connectivity index (χ0) is 21.4. The molecule has 2 heterocycles. The molecule has 158 valence electrons. The molecule has 2 aromatic carbocycles. The van der Waals surface area contributed by atoms with Crippen LogP contribution >= 0.6 is 11.3 Å². The molecule has 0 atom stereocenters. The maximum Gasteiger partial charge on any atom is 0.257 e. The van der Waals surface area contributed by atoms with Crippen LogP contribution in [0.1, 0.15) is 23.2 Å². The minimum Gasteiger partial charge on any atom is -0.360 e. The van der Waals surface area contributed by atoms with Crippen LogP contribution in [0.15, 0.2) is 65.0 Å². The fraction of sp³-hybridized carbons (Fsp3) is 0.182. The third kappa shape index (κ3) is 4.25. The van der Waals surface area contributed by atoms with Crippen molar-refractivity contribution in [3.8, 4) is 11.3 Å². The molecule has 1 saturated carbocycles. The number of aromatic nitrogens is 2. The van der Waals surface area contributed by atoms with Crippen LogP contribution in [-0.4, -0.2) is 30.8 Å². The molecule has 1 aliphatic rings. The van der Waals surface area contributed by atoms with Gasteiger partial charge in [-0.2, -0.15) is 0 Å². The van der Waals surface area contributed by atoms with E-state index < -0.39 is 15.9 Å². The highest BCUT2D eigenvalue weighted by Gasteiger charge is 2.24. The monoisotopic (exact) mass is 452 g/mol. The number of benzene rings is 2. The van der Waals surface area contributed by atoms with Crippen LogP contribution in [0.25, 0.3) is 22.2 Å². The van der Waals surface area contributed by atoms with Crippen molar-refractivity contribution < 1.29 is 13.2 Å².